The number of carbonyl (C=O) groups excluding carboxylic acids is 1. The van der Waals surface area contributed by atoms with Gasteiger partial charge in [0.2, 0.25) is 0 Å². The van der Waals surface area contributed by atoms with Crippen molar-refractivity contribution in [3.8, 4) is 0 Å². The van der Waals surface area contributed by atoms with Gasteiger partial charge in [0.15, 0.2) is 5.78 Å². The molecule has 0 aromatic heterocycles. The summed E-state index contributed by atoms with van der Waals surface area (Å²) >= 11 is 0. The summed E-state index contributed by atoms with van der Waals surface area (Å²) in [5, 5.41) is 0. The largest absolute Gasteiger partial charge is 0.294 e. The molecular formula is C17H16F2O. The van der Waals surface area contributed by atoms with Crippen LogP contribution < -0.4 is 0 Å². The minimum Gasteiger partial charge on any atom is -0.294 e. The summed E-state index contributed by atoms with van der Waals surface area (Å²) in [6.45, 7) is 5.47. The van der Waals surface area contributed by atoms with Crippen LogP contribution in [0.4, 0.5) is 8.78 Å². The number of halogens is 2. The van der Waals surface area contributed by atoms with Gasteiger partial charge in [0.25, 0.3) is 0 Å². The predicted octanol–water partition coefficient (Wildman–Crippen LogP) is 4.32. The Balaban J connectivity index is 2.28. The molecule has 0 aliphatic rings. The molecular weight excluding hydrogens is 258 g/mol. The number of ketones is 1. The Kier molecular flexibility index (Phi) is 3.98. The summed E-state index contributed by atoms with van der Waals surface area (Å²) in [7, 11) is 0. The van der Waals surface area contributed by atoms with Crippen LogP contribution in [-0.2, 0) is 6.42 Å². The summed E-state index contributed by atoms with van der Waals surface area (Å²) in [4.78, 5) is 12.1. The first-order valence-corrected chi connectivity index (χ1v) is 6.43. The number of hydrogen-bond acceptors (Lipinski definition) is 1. The smallest absolute Gasteiger partial charge is 0.170 e. The maximum atomic E-state index is 13.7. The molecule has 0 heterocycles. The monoisotopic (exact) mass is 274 g/mol. The second-order valence-electron chi connectivity index (χ2n) is 5.10. The number of carbonyl (C=O) groups is 1. The fourth-order valence-corrected chi connectivity index (χ4v) is 2.07. The Bertz CT molecular complexity index is 675. The van der Waals surface area contributed by atoms with Gasteiger partial charge < -0.3 is 0 Å². The van der Waals surface area contributed by atoms with E-state index in [9.17, 15) is 13.6 Å². The first-order valence-electron chi connectivity index (χ1n) is 6.43. The molecule has 0 aliphatic carbocycles. The topological polar surface area (TPSA) is 17.1 Å². The van der Waals surface area contributed by atoms with E-state index in [1.165, 1.54) is 13.0 Å². The first kappa shape index (κ1) is 14.4. The van der Waals surface area contributed by atoms with Crippen LogP contribution in [0.25, 0.3) is 0 Å². The quantitative estimate of drug-likeness (QED) is 0.762. The molecule has 2 aromatic rings. The van der Waals surface area contributed by atoms with E-state index < -0.39 is 11.6 Å². The van der Waals surface area contributed by atoms with Crippen LogP contribution in [0.15, 0.2) is 30.3 Å². The van der Waals surface area contributed by atoms with Crippen LogP contribution in [-0.4, -0.2) is 5.78 Å². The van der Waals surface area contributed by atoms with Gasteiger partial charge in [-0.2, -0.15) is 0 Å². The van der Waals surface area contributed by atoms with Crippen molar-refractivity contribution < 1.29 is 13.6 Å². The third-order valence-corrected chi connectivity index (χ3v) is 3.48. The number of hydrogen-bond donors (Lipinski definition) is 0. The van der Waals surface area contributed by atoms with Gasteiger partial charge in [-0.3, -0.25) is 4.79 Å². The SMILES string of the molecule is Cc1ccc(CC(=O)c2cc(C)c(F)cc2F)cc1C. The zero-order valence-electron chi connectivity index (χ0n) is 11.8. The molecule has 1 nitrogen and oxygen atoms in total. The number of benzene rings is 2. The highest BCUT2D eigenvalue weighted by molar-refractivity contribution is 5.98. The highest BCUT2D eigenvalue weighted by atomic mass is 19.1. The van der Waals surface area contributed by atoms with Crippen LogP contribution >= 0.6 is 0 Å². The third-order valence-electron chi connectivity index (χ3n) is 3.48. The Labute approximate surface area is 117 Å². The van der Waals surface area contributed by atoms with Gasteiger partial charge in [-0.15, -0.1) is 0 Å². The standard InChI is InChI=1S/C17H16F2O/c1-10-4-5-13(6-11(10)2)8-17(20)14-7-12(3)15(18)9-16(14)19/h4-7,9H,8H2,1-3H3. The molecule has 104 valence electrons. The van der Waals surface area contributed by atoms with Crippen molar-refractivity contribution >= 4 is 5.78 Å². The predicted molar refractivity (Wildman–Crippen MR) is 75.0 cm³/mol. The number of rotatable bonds is 3. The summed E-state index contributed by atoms with van der Waals surface area (Å²) in [5.74, 6) is -1.78. The van der Waals surface area contributed by atoms with Gasteiger partial charge in [0.05, 0.1) is 5.56 Å². The van der Waals surface area contributed by atoms with Crippen molar-refractivity contribution in [2.24, 2.45) is 0 Å². The molecule has 2 rings (SSSR count). The van der Waals surface area contributed by atoms with E-state index in [0.717, 1.165) is 22.8 Å². The van der Waals surface area contributed by atoms with E-state index >= 15 is 0 Å². The summed E-state index contributed by atoms with van der Waals surface area (Å²) in [5.41, 5.74) is 3.28. The van der Waals surface area contributed by atoms with Crippen molar-refractivity contribution in [2.75, 3.05) is 0 Å². The molecule has 0 atom stereocenters. The van der Waals surface area contributed by atoms with Gasteiger partial charge in [0, 0.05) is 12.5 Å². The number of Topliss-reactive ketones (excluding diaryl/α,β-unsaturated/α-hetero) is 1. The average molecular weight is 274 g/mol. The Morgan fingerprint density at radius 2 is 1.60 bits per heavy atom. The van der Waals surface area contributed by atoms with E-state index in [1.54, 1.807) is 0 Å². The maximum absolute atomic E-state index is 13.7. The van der Waals surface area contributed by atoms with E-state index in [1.807, 2.05) is 32.0 Å². The van der Waals surface area contributed by atoms with Crippen LogP contribution in [0.5, 0.6) is 0 Å². The van der Waals surface area contributed by atoms with Crippen molar-refractivity contribution in [2.45, 2.75) is 27.2 Å². The maximum Gasteiger partial charge on any atom is 0.170 e. The molecule has 0 radical (unpaired) electrons. The molecule has 0 amide bonds. The van der Waals surface area contributed by atoms with Crippen molar-refractivity contribution in [1.29, 1.82) is 0 Å². The second kappa shape index (κ2) is 5.53. The lowest BCUT2D eigenvalue weighted by molar-refractivity contribution is 0.0989. The van der Waals surface area contributed by atoms with Crippen LogP contribution in [0.3, 0.4) is 0 Å². The van der Waals surface area contributed by atoms with Crippen LogP contribution in [0.1, 0.15) is 32.6 Å². The fraction of sp³-hybridized carbons (Fsp3) is 0.235. The lowest BCUT2D eigenvalue weighted by Crippen LogP contribution is -2.08. The minimum atomic E-state index is -0.804. The molecule has 0 saturated carbocycles. The van der Waals surface area contributed by atoms with E-state index in [2.05, 4.69) is 0 Å². The van der Waals surface area contributed by atoms with E-state index in [0.29, 0.717) is 0 Å². The molecule has 20 heavy (non-hydrogen) atoms. The highest BCUT2D eigenvalue weighted by Crippen LogP contribution is 2.17. The lowest BCUT2D eigenvalue weighted by Gasteiger charge is -2.07. The van der Waals surface area contributed by atoms with Crippen LogP contribution in [0.2, 0.25) is 0 Å². The van der Waals surface area contributed by atoms with Crippen molar-refractivity contribution in [1.82, 2.24) is 0 Å². The lowest BCUT2D eigenvalue weighted by atomic mass is 9.98. The minimum absolute atomic E-state index is 0.0536. The highest BCUT2D eigenvalue weighted by Gasteiger charge is 2.15. The second-order valence-corrected chi connectivity index (χ2v) is 5.10. The zero-order chi connectivity index (χ0) is 14.9. The molecule has 0 unspecified atom stereocenters. The van der Waals surface area contributed by atoms with Crippen molar-refractivity contribution in [3.63, 3.8) is 0 Å². The normalized spacial score (nSPS) is 10.7. The van der Waals surface area contributed by atoms with Gasteiger partial charge in [-0.1, -0.05) is 18.2 Å². The Hall–Kier alpha value is -2.03. The van der Waals surface area contributed by atoms with Gasteiger partial charge >= 0.3 is 0 Å². The van der Waals surface area contributed by atoms with E-state index in [4.69, 9.17) is 0 Å². The zero-order valence-corrected chi connectivity index (χ0v) is 11.8. The van der Waals surface area contributed by atoms with Gasteiger partial charge in [-0.25, -0.2) is 8.78 Å². The van der Waals surface area contributed by atoms with E-state index in [-0.39, 0.29) is 23.3 Å². The molecule has 0 aliphatic heterocycles. The fourth-order valence-electron chi connectivity index (χ4n) is 2.07. The molecule has 0 N–H and O–H groups in total. The average Bonchev–Trinajstić information content (AvgIpc) is 2.38. The van der Waals surface area contributed by atoms with Gasteiger partial charge in [-0.05, 0) is 49.1 Å². The first-order chi connectivity index (χ1) is 9.38. The summed E-state index contributed by atoms with van der Waals surface area (Å²) < 4.78 is 26.9. The summed E-state index contributed by atoms with van der Waals surface area (Å²) in [6.07, 6.45) is 0.114. The Morgan fingerprint density at radius 1 is 0.900 bits per heavy atom. The molecule has 0 fully saturated rings. The molecule has 3 heteroatoms. The van der Waals surface area contributed by atoms with Gasteiger partial charge in [0.1, 0.15) is 11.6 Å². The number of aryl methyl sites for hydroxylation is 3. The molecule has 2 aromatic carbocycles. The van der Waals surface area contributed by atoms with Crippen molar-refractivity contribution in [3.05, 3.63) is 69.8 Å². The molecule has 0 saturated heterocycles. The summed E-state index contributed by atoms with van der Waals surface area (Å²) in [6, 6.07) is 7.75. The molecule has 0 bridgehead atoms. The third kappa shape index (κ3) is 2.93. The Morgan fingerprint density at radius 3 is 2.25 bits per heavy atom. The molecule has 0 spiro atoms. The van der Waals surface area contributed by atoms with Crippen LogP contribution in [0, 0.1) is 32.4 Å².